The van der Waals surface area contributed by atoms with Crippen molar-refractivity contribution in [2.75, 3.05) is 13.1 Å². The third-order valence-electron chi connectivity index (χ3n) is 4.26. The van der Waals surface area contributed by atoms with Gasteiger partial charge in [0.1, 0.15) is 5.52 Å². The highest BCUT2D eigenvalue weighted by atomic mass is 16.2. The van der Waals surface area contributed by atoms with Crippen LogP contribution in [-0.4, -0.2) is 49.0 Å². The number of carbonyl (C=O) groups is 1. The van der Waals surface area contributed by atoms with E-state index in [1.165, 1.54) is 0 Å². The average molecular weight is 308 g/mol. The van der Waals surface area contributed by atoms with E-state index < -0.39 is 0 Å². The van der Waals surface area contributed by atoms with Gasteiger partial charge in [0.15, 0.2) is 5.65 Å². The number of carbonyl (C=O) groups excluding carboxylic acids is 1. The maximum Gasteiger partial charge on any atom is 0.253 e. The third-order valence-corrected chi connectivity index (χ3v) is 4.26. The molecule has 1 amide bonds. The zero-order valence-electron chi connectivity index (χ0n) is 12.5. The highest BCUT2D eigenvalue weighted by Gasteiger charge is 2.28. The Balaban J connectivity index is 1.59. The smallest absolute Gasteiger partial charge is 0.253 e. The molecule has 0 radical (unpaired) electrons. The van der Waals surface area contributed by atoms with Crippen molar-refractivity contribution in [1.29, 1.82) is 0 Å². The van der Waals surface area contributed by atoms with Gasteiger partial charge in [-0.3, -0.25) is 14.9 Å². The van der Waals surface area contributed by atoms with E-state index in [-0.39, 0.29) is 11.8 Å². The summed E-state index contributed by atoms with van der Waals surface area (Å²) in [7, 11) is 0. The van der Waals surface area contributed by atoms with Crippen molar-refractivity contribution in [3.8, 4) is 0 Å². The number of pyridine rings is 1. The molecule has 0 saturated carbocycles. The van der Waals surface area contributed by atoms with Crippen molar-refractivity contribution in [2.45, 2.75) is 18.8 Å². The van der Waals surface area contributed by atoms with Crippen LogP contribution in [0.15, 0.2) is 36.9 Å². The number of hydrogen-bond acceptors (Lipinski definition) is 5. The monoisotopic (exact) mass is 308 g/mol. The Morgan fingerprint density at radius 1 is 1.17 bits per heavy atom. The van der Waals surface area contributed by atoms with Gasteiger partial charge in [0.25, 0.3) is 5.91 Å². The number of H-pyrrole nitrogens is 1. The molecular formula is C16H16N6O. The fourth-order valence-electron chi connectivity index (χ4n) is 3.13. The molecule has 3 aromatic rings. The summed E-state index contributed by atoms with van der Waals surface area (Å²) >= 11 is 0. The number of hydrogen-bond donors (Lipinski definition) is 1. The lowest BCUT2D eigenvalue weighted by atomic mass is 9.94. The molecule has 0 bridgehead atoms. The van der Waals surface area contributed by atoms with E-state index in [0.29, 0.717) is 17.8 Å². The molecule has 4 rings (SSSR count). The maximum atomic E-state index is 12.6. The van der Waals surface area contributed by atoms with Crippen LogP contribution in [0.2, 0.25) is 0 Å². The molecule has 1 saturated heterocycles. The van der Waals surface area contributed by atoms with E-state index in [1.54, 1.807) is 36.9 Å². The van der Waals surface area contributed by atoms with Gasteiger partial charge in [0.05, 0.1) is 5.69 Å². The Hall–Kier alpha value is -2.83. The molecular weight excluding hydrogens is 292 g/mol. The van der Waals surface area contributed by atoms with E-state index in [9.17, 15) is 4.79 Å². The Kier molecular flexibility index (Phi) is 3.45. The highest BCUT2D eigenvalue weighted by molar-refractivity contribution is 5.94. The number of aromatic nitrogens is 5. The molecule has 1 atom stereocenters. The van der Waals surface area contributed by atoms with Gasteiger partial charge in [-0.05, 0) is 25.0 Å². The second kappa shape index (κ2) is 5.75. The van der Waals surface area contributed by atoms with Crippen LogP contribution in [0.25, 0.3) is 11.2 Å². The molecule has 0 spiro atoms. The van der Waals surface area contributed by atoms with Crippen molar-refractivity contribution < 1.29 is 4.79 Å². The normalized spacial score (nSPS) is 18.3. The first-order valence-corrected chi connectivity index (χ1v) is 7.67. The Bertz CT molecular complexity index is 831. The molecule has 0 unspecified atom stereocenters. The van der Waals surface area contributed by atoms with Gasteiger partial charge >= 0.3 is 0 Å². The van der Waals surface area contributed by atoms with Crippen molar-refractivity contribution in [3.05, 3.63) is 48.2 Å². The molecule has 0 aromatic carbocycles. The summed E-state index contributed by atoms with van der Waals surface area (Å²) in [6, 6.07) is 3.51. The summed E-state index contributed by atoms with van der Waals surface area (Å²) in [5.74, 6) is 0.253. The fourth-order valence-corrected chi connectivity index (χ4v) is 3.13. The topological polar surface area (TPSA) is 87.7 Å². The number of fused-ring (bicyclic) bond motifs is 1. The molecule has 7 heteroatoms. The first-order chi connectivity index (χ1) is 11.3. The Morgan fingerprint density at radius 3 is 2.87 bits per heavy atom. The number of rotatable bonds is 2. The lowest BCUT2D eigenvalue weighted by Crippen LogP contribution is -2.39. The molecule has 1 aliphatic rings. The highest BCUT2D eigenvalue weighted by Crippen LogP contribution is 2.29. The van der Waals surface area contributed by atoms with Crippen molar-refractivity contribution in [1.82, 2.24) is 30.0 Å². The van der Waals surface area contributed by atoms with Gasteiger partial charge in [-0.15, -0.1) is 0 Å². The van der Waals surface area contributed by atoms with Crippen LogP contribution in [0.3, 0.4) is 0 Å². The lowest BCUT2D eigenvalue weighted by molar-refractivity contribution is 0.0706. The average Bonchev–Trinajstić information content (AvgIpc) is 3.06. The number of amides is 1. The van der Waals surface area contributed by atoms with Crippen molar-refractivity contribution in [3.63, 3.8) is 0 Å². The van der Waals surface area contributed by atoms with Crippen LogP contribution in [0.4, 0.5) is 0 Å². The van der Waals surface area contributed by atoms with Gasteiger partial charge in [0, 0.05) is 49.4 Å². The van der Waals surface area contributed by atoms with E-state index in [1.807, 2.05) is 4.90 Å². The summed E-state index contributed by atoms with van der Waals surface area (Å²) in [5, 5.41) is 7.27. The minimum Gasteiger partial charge on any atom is -0.338 e. The molecule has 4 heterocycles. The minimum atomic E-state index is 0.0482. The molecule has 1 aliphatic heterocycles. The maximum absolute atomic E-state index is 12.6. The van der Waals surface area contributed by atoms with Gasteiger partial charge in [0.2, 0.25) is 0 Å². The summed E-state index contributed by atoms with van der Waals surface area (Å²) in [4.78, 5) is 27.1. The first kappa shape index (κ1) is 13.8. The van der Waals surface area contributed by atoms with Gasteiger partial charge in [-0.25, -0.2) is 9.97 Å². The molecule has 116 valence electrons. The molecule has 1 N–H and O–H groups in total. The predicted molar refractivity (Wildman–Crippen MR) is 83.8 cm³/mol. The number of nitrogens with one attached hydrogen (secondary N) is 1. The van der Waals surface area contributed by atoms with E-state index in [2.05, 4.69) is 25.1 Å². The second-order valence-electron chi connectivity index (χ2n) is 5.69. The van der Waals surface area contributed by atoms with Gasteiger partial charge in [-0.1, -0.05) is 0 Å². The first-order valence-electron chi connectivity index (χ1n) is 7.67. The Labute approximate surface area is 132 Å². The number of aromatic amines is 1. The number of likely N-dealkylation sites (tertiary alicyclic amines) is 1. The summed E-state index contributed by atoms with van der Waals surface area (Å²) in [6.07, 6.45) is 8.56. The lowest BCUT2D eigenvalue weighted by Gasteiger charge is -2.32. The molecule has 0 aliphatic carbocycles. The molecule has 23 heavy (non-hydrogen) atoms. The van der Waals surface area contributed by atoms with E-state index >= 15 is 0 Å². The zero-order chi connectivity index (χ0) is 15.6. The quantitative estimate of drug-likeness (QED) is 0.779. The van der Waals surface area contributed by atoms with E-state index in [4.69, 9.17) is 0 Å². The number of nitrogens with zero attached hydrogens (tertiary/aromatic N) is 5. The summed E-state index contributed by atoms with van der Waals surface area (Å²) < 4.78 is 0. The number of piperidine rings is 1. The SMILES string of the molecule is O=C(c1ccncc1)N1CCC[C@H](c2[nH]nc3nccnc23)C1. The van der Waals surface area contributed by atoms with Crippen LogP contribution in [0, 0.1) is 0 Å². The van der Waals surface area contributed by atoms with Crippen LogP contribution in [0.1, 0.15) is 34.8 Å². The second-order valence-corrected chi connectivity index (χ2v) is 5.69. The molecule has 7 nitrogen and oxygen atoms in total. The van der Waals surface area contributed by atoms with Crippen molar-refractivity contribution in [2.24, 2.45) is 0 Å². The standard InChI is InChI=1S/C16H16N6O/c23-16(11-3-5-17-6-4-11)22-9-1-2-12(10-22)13-14-15(21-20-13)19-8-7-18-14/h3-8,12H,1-2,9-10H2,(H,19,20,21)/t12-/m0/s1. The summed E-state index contributed by atoms with van der Waals surface area (Å²) in [5.41, 5.74) is 3.08. The van der Waals surface area contributed by atoms with Crippen LogP contribution in [-0.2, 0) is 0 Å². The zero-order valence-corrected chi connectivity index (χ0v) is 12.5. The Morgan fingerprint density at radius 2 is 2.00 bits per heavy atom. The largest absolute Gasteiger partial charge is 0.338 e. The fraction of sp³-hybridized carbons (Fsp3) is 0.312. The van der Waals surface area contributed by atoms with Crippen LogP contribution in [0.5, 0.6) is 0 Å². The van der Waals surface area contributed by atoms with Crippen LogP contribution >= 0.6 is 0 Å². The van der Waals surface area contributed by atoms with Gasteiger partial charge in [-0.2, -0.15) is 5.10 Å². The van der Waals surface area contributed by atoms with Crippen molar-refractivity contribution >= 4 is 17.1 Å². The van der Waals surface area contributed by atoms with Gasteiger partial charge < -0.3 is 4.90 Å². The van der Waals surface area contributed by atoms with Crippen LogP contribution < -0.4 is 0 Å². The minimum absolute atomic E-state index is 0.0482. The third kappa shape index (κ3) is 2.54. The summed E-state index contributed by atoms with van der Waals surface area (Å²) in [6.45, 7) is 1.43. The molecule has 1 fully saturated rings. The van der Waals surface area contributed by atoms with E-state index in [0.717, 1.165) is 30.6 Å². The molecule has 3 aromatic heterocycles. The predicted octanol–water partition coefficient (Wildman–Crippen LogP) is 1.77.